The molecule has 1 N–H and O–H groups in total. The van der Waals surface area contributed by atoms with Gasteiger partial charge in [-0.3, -0.25) is 4.90 Å². The van der Waals surface area contributed by atoms with Crippen LogP contribution in [0, 0.1) is 0 Å². The lowest BCUT2D eigenvalue weighted by Gasteiger charge is -2.39. The summed E-state index contributed by atoms with van der Waals surface area (Å²) < 4.78 is 5.41. The Morgan fingerprint density at radius 1 is 1.50 bits per heavy atom. The second-order valence-electron chi connectivity index (χ2n) is 3.69. The molecular weight excluding hydrogens is 204 g/mol. The zero-order chi connectivity index (χ0) is 11.4. The van der Waals surface area contributed by atoms with Crippen LogP contribution in [0.3, 0.4) is 0 Å². The van der Waals surface area contributed by atoms with Crippen molar-refractivity contribution in [3.05, 3.63) is 30.3 Å². The maximum atomic E-state index is 11.8. The highest BCUT2D eigenvalue weighted by Gasteiger charge is 2.32. The van der Waals surface area contributed by atoms with E-state index in [4.69, 9.17) is 4.74 Å². The number of ether oxygens (including phenoxy) is 1. The van der Waals surface area contributed by atoms with E-state index in [-0.39, 0.29) is 12.3 Å². The van der Waals surface area contributed by atoms with Gasteiger partial charge in [-0.2, -0.15) is 0 Å². The molecule has 0 radical (unpaired) electrons. The van der Waals surface area contributed by atoms with Gasteiger partial charge in [0.15, 0.2) is 0 Å². The highest BCUT2D eigenvalue weighted by molar-refractivity contribution is 5.89. The zero-order valence-corrected chi connectivity index (χ0v) is 9.35. The van der Waals surface area contributed by atoms with Crippen LogP contribution in [-0.4, -0.2) is 30.3 Å². The number of anilines is 1. The lowest BCUT2D eigenvalue weighted by molar-refractivity contribution is -0.0880. The zero-order valence-electron chi connectivity index (χ0n) is 9.35. The van der Waals surface area contributed by atoms with Gasteiger partial charge in [-0.1, -0.05) is 18.2 Å². The van der Waals surface area contributed by atoms with Crippen molar-refractivity contribution in [1.82, 2.24) is 4.90 Å². The molecule has 0 aromatic heterocycles. The first-order valence-electron chi connectivity index (χ1n) is 5.55. The number of para-hydroxylation sites is 1. The van der Waals surface area contributed by atoms with Gasteiger partial charge < -0.3 is 10.1 Å². The van der Waals surface area contributed by atoms with Gasteiger partial charge in [0.05, 0.1) is 0 Å². The summed E-state index contributed by atoms with van der Waals surface area (Å²) in [6, 6.07) is 9.36. The maximum Gasteiger partial charge on any atom is 0.323 e. The SMILES string of the molecule is CCOC1CCN1C(=O)Nc1ccccc1. The minimum Gasteiger partial charge on any atom is -0.358 e. The molecular formula is C12H16N2O2. The van der Waals surface area contributed by atoms with Gasteiger partial charge in [-0.15, -0.1) is 0 Å². The van der Waals surface area contributed by atoms with Gasteiger partial charge in [0, 0.05) is 25.3 Å². The number of rotatable bonds is 3. The first kappa shape index (κ1) is 11.0. The minimum atomic E-state index is -0.0871. The fourth-order valence-electron chi connectivity index (χ4n) is 1.68. The van der Waals surface area contributed by atoms with Crippen molar-refractivity contribution in [2.75, 3.05) is 18.5 Å². The van der Waals surface area contributed by atoms with Gasteiger partial charge in [0.25, 0.3) is 0 Å². The first-order valence-corrected chi connectivity index (χ1v) is 5.55. The standard InChI is InChI=1S/C12H16N2O2/c1-2-16-11-8-9-14(11)12(15)13-10-6-4-3-5-7-10/h3-7,11H,2,8-9H2,1H3,(H,13,15). The van der Waals surface area contributed by atoms with Crippen molar-refractivity contribution in [2.45, 2.75) is 19.6 Å². The smallest absolute Gasteiger partial charge is 0.323 e. The van der Waals surface area contributed by atoms with E-state index in [1.54, 1.807) is 4.90 Å². The summed E-state index contributed by atoms with van der Waals surface area (Å²) in [5.74, 6) is 0. The summed E-state index contributed by atoms with van der Waals surface area (Å²) in [5.41, 5.74) is 0.814. The fourth-order valence-corrected chi connectivity index (χ4v) is 1.68. The molecule has 0 aliphatic carbocycles. The minimum absolute atomic E-state index is 0.0475. The monoisotopic (exact) mass is 220 g/mol. The molecule has 0 spiro atoms. The summed E-state index contributed by atoms with van der Waals surface area (Å²) in [5, 5.41) is 2.84. The van der Waals surface area contributed by atoms with E-state index >= 15 is 0 Å². The summed E-state index contributed by atoms with van der Waals surface area (Å²) in [7, 11) is 0. The van der Waals surface area contributed by atoms with Crippen LogP contribution in [0.2, 0.25) is 0 Å². The van der Waals surface area contributed by atoms with Crippen molar-refractivity contribution < 1.29 is 9.53 Å². The molecule has 1 aromatic carbocycles. The molecule has 4 nitrogen and oxygen atoms in total. The number of hydrogen-bond acceptors (Lipinski definition) is 2. The number of hydrogen-bond donors (Lipinski definition) is 1. The summed E-state index contributed by atoms with van der Waals surface area (Å²) >= 11 is 0. The number of nitrogens with one attached hydrogen (secondary N) is 1. The molecule has 16 heavy (non-hydrogen) atoms. The summed E-state index contributed by atoms with van der Waals surface area (Å²) in [6.45, 7) is 3.34. The van der Waals surface area contributed by atoms with Gasteiger partial charge in [0.1, 0.15) is 6.23 Å². The number of carbonyl (C=O) groups is 1. The highest BCUT2D eigenvalue weighted by Crippen LogP contribution is 2.19. The molecule has 0 saturated carbocycles. The van der Waals surface area contributed by atoms with E-state index in [0.717, 1.165) is 18.7 Å². The molecule has 2 rings (SSSR count). The van der Waals surface area contributed by atoms with Crippen LogP contribution >= 0.6 is 0 Å². The van der Waals surface area contributed by atoms with Gasteiger partial charge in [-0.05, 0) is 19.1 Å². The summed E-state index contributed by atoms with van der Waals surface area (Å²) in [6.07, 6.45) is 0.879. The largest absolute Gasteiger partial charge is 0.358 e. The van der Waals surface area contributed by atoms with E-state index in [0.29, 0.717) is 6.61 Å². The van der Waals surface area contributed by atoms with E-state index < -0.39 is 0 Å². The second-order valence-corrected chi connectivity index (χ2v) is 3.69. The Labute approximate surface area is 95.2 Å². The Kier molecular flexibility index (Phi) is 3.41. The molecule has 86 valence electrons. The number of urea groups is 1. The Morgan fingerprint density at radius 2 is 2.25 bits per heavy atom. The van der Waals surface area contributed by atoms with E-state index in [1.807, 2.05) is 37.3 Å². The average Bonchev–Trinajstić information content (AvgIpc) is 2.25. The molecule has 1 aromatic rings. The molecule has 4 heteroatoms. The number of benzene rings is 1. The molecule has 1 saturated heterocycles. The average molecular weight is 220 g/mol. The Bertz CT molecular complexity index is 353. The molecule has 2 amide bonds. The van der Waals surface area contributed by atoms with Crippen molar-refractivity contribution in [2.24, 2.45) is 0 Å². The number of nitrogens with zero attached hydrogens (tertiary/aromatic N) is 1. The van der Waals surface area contributed by atoms with Crippen molar-refractivity contribution in [3.63, 3.8) is 0 Å². The lowest BCUT2D eigenvalue weighted by atomic mass is 10.2. The summed E-state index contributed by atoms with van der Waals surface area (Å²) in [4.78, 5) is 13.5. The number of carbonyl (C=O) groups excluding carboxylic acids is 1. The quantitative estimate of drug-likeness (QED) is 0.849. The fraction of sp³-hybridized carbons (Fsp3) is 0.417. The second kappa shape index (κ2) is 4.99. The molecule has 1 heterocycles. The van der Waals surface area contributed by atoms with Gasteiger partial charge in [-0.25, -0.2) is 4.79 Å². The Balaban J connectivity index is 1.89. The normalized spacial score (nSPS) is 19.1. The predicted octanol–water partition coefficient (Wildman–Crippen LogP) is 2.29. The van der Waals surface area contributed by atoms with Crippen molar-refractivity contribution in [3.8, 4) is 0 Å². The molecule has 1 unspecified atom stereocenters. The first-order chi connectivity index (χ1) is 7.81. The van der Waals surface area contributed by atoms with E-state index in [2.05, 4.69) is 5.32 Å². The van der Waals surface area contributed by atoms with Crippen LogP contribution < -0.4 is 5.32 Å². The third-order valence-electron chi connectivity index (χ3n) is 2.61. The number of amides is 2. The van der Waals surface area contributed by atoms with Crippen LogP contribution in [0.15, 0.2) is 30.3 Å². The van der Waals surface area contributed by atoms with Gasteiger partial charge in [0.2, 0.25) is 0 Å². The highest BCUT2D eigenvalue weighted by atomic mass is 16.5. The molecule has 1 aliphatic heterocycles. The third kappa shape index (κ3) is 2.33. The molecule has 1 atom stereocenters. The molecule has 1 fully saturated rings. The molecule has 1 aliphatic rings. The van der Waals surface area contributed by atoms with E-state index in [1.165, 1.54) is 0 Å². The van der Waals surface area contributed by atoms with E-state index in [9.17, 15) is 4.79 Å². The Morgan fingerprint density at radius 3 is 2.81 bits per heavy atom. The van der Waals surface area contributed by atoms with Crippen LogP contribution in [0.4, 0.5) is 10.5 Å². The van der Waals surface area contributed by atoms with Crippen LogP contribution in [0.25, 0.3) is 0 Å². The Hall–Kier alpha value is -1.55. The van der Waals surface area contributed by atoms with Crippen molar-refractivity contribution >= 4 is 11.7 Å². The van der Waals surface area contributed by atoms with Gasteiger partial charge >= 0.3 is 6.03 Å². The number of likely N-dealkylation sites (tertiary alicyclic amines) is 1. The van der Waals surface area contributed by atoms with Crippen molar-refractivity contribution in [1.29, 1.82) is 0 Å². The topological polar surface area (TPSA) is 41.6 Å². The lowest BCUT2D eigenvalue weighted by Crippen LogP contribution is -2.54. The van der Waals surface area contributed by atoms with Crippen LogP contribution in [0.5, 0.6) is 0 Å². The predicted molar refractivity (Wildman–Crippen MR) is 62.2 cm³/mol. The maximum absolute atomic E-state index is 11.8. The molecule has 0 bridgehead atoms. The third-order valence-corrected chi connectivity index (χ3v) is 2.61. The van der Waals surface area contributed by atoms with Crippen LogP contribution in [0.1, 0.15) is 13.3 Å². The van der Waals surface area contributed by atoms with Crippen LogP contribution in [-0.2, 0) is 4.74 Å².